The van der Waals surface area contributed by atoms with Crippen LogP contribution in [0.4, 0.5) is 5.69 Å². The van der Waals surface area contributed by atoms with E-state index < -0.39 is 28.5 Å². The lowest BCUT2D eigenvalue weighted by atomic mass is 10.0. The number of aryl methyl sites for hydroxylation is 2. The van der Waals surface area contributed by atoms with Crippen molar-refractivity contribution in [3.05, 3.63) is 101 Å². The quantitative estimate of drug-likeness (QED) is 0.329. The number of hydrogen-bond donors (Lipinski definition) is 1. The lowest BCUT2D eigenvalue weighted by Gasteiger charge is -2.34. The number of carbonyl (C=O) groups is 2. The Morgan fingerprint density at radius 3 is 2.24 bits per heavy atom. The van der Waals surface area contributed by atoms with E-state index in [1.165, 1.54) is 4.31 Å². The Morgan fingerprint density at radius 2 is 1.59 bits per heavy atom. The van der Waals surface area contributed by atoms with E-state index in [0.29, 0.717) is 18.5 Å². The summed E-state index contributed by atoms with van der Waals surface area (Å²) >= 11 is 0. The molecular formula is C33H41N3O4S. The molecular weight excluding hydrogens is 534 g/mol. The van der Waals surface area contributed by atoms with Crippen LogP contribution in [0.15, 0.2) is 78.9 Å². The second kappa shape index (κ2) is 13.8. The normalized spacial score (nSPS) is 14.4. The van der Waals surface area contributed by atoms with Gasteiger partial charge in [-0.25, -0.2) is 8.42 Å². The number of rotatable bonds is 12. The van der Waals surface area contributed by atoms with Crippen LogP contribution in [0.25, 0.3) is 0 Å². The summed E-state index contributed by atoms with van der Waals surface area (Å²) in [5.41, 5.74) is 4.16. The van der Waals surface area contributed by atoms with E-state index in [1.54, 1.807) is 17.0 Å². The number of benzene rings is 3. The summed E-state index contributed by atoms with van der Waals surface area (Å²) < 4.78 is 27.3. The molecule has 3 aromatic rings. The fraction of sp³-hybridized carbons (Fsp3) is 0.394. The molecule has 1 fully saturated rings. The lowest BCUT2D eigenvalue weighted by Crippen LogP contribution is -2.54. The molecule has 2 amide bonds. The largest absolute Gasteiger partial charge is 0.352 e. The summed E-state index contributed by atoms with van der Waals surface area (Å²) in [6, 6.07) is 24.0. The monoisotopic (exact) mass is 575 g/mol. The molecule has 8 heteroatoms. The number of anilines is 1. The van der Waals surface area contributed by atoms with Crippen molar-refractivity contribution < 1.29 is 18.0 Å². The molecule has 0 spiro atoms. The van der Waals surface area contributed by atoms with Crippen molar-refractivity contribution in [2.45, 2.75) is 71.0 Å². The zero-order valence-corrected chi connectivity index (χ0v) is 25.1. The summed E-state index contributed by atoms with van der Waals surface area (Å²) in [7, 11) is -3.80. The highest BCUT2D eigenvalue weighted by Crippen LogP contribution is 2.25. The predicted molar refractivity (Wildman–Crippen MR) is 164 cm³/mol. The highest BCUT2D eigenvalue weighted by Gasteiger charge is 2.34. The van der Waals surface area contributed by atoms with E-state index in [1.807, 2.05) is 80.6 Å². The van der Waals surface area contributed by atoms with Gasteiger partial charge in [0.15, 0.2) is 0 Å². The third-order valence-corrected chi connectivity index (χ3v) is 8.85. The van der Waals surface area contributed by atoms with Crippen LogP contribution in [-0.4, -0.2) is 50.0 Å². The van der Waals surface area contributed by atoms with Crippen LogP contribution in [0.3, 0.4) is 0 Å². The highest BCUT2D eigenvalue weighted by atomic mass is 32.2. The molecule has 1 N–H and O–H groups in total. The number of carbonyl (C=O) groups excluding carboxylic acids is 2. The summed E-state index contributed by atoms with van der Waals surface area (Å²) in [6.07, 6.45) is 6.04. The fourth-order valence-electron chi connectivity index (χ4n) is 5.58. The Hall–Kier alpha value is -3.65. The van der Waals surface area contributed by atoms with Crippen LogP contribution in [0.5, 0.6) is 0 Å². The lowest BCUT2D eigenvalue weighted by molar-refractivity contribution is -0.140. The standard InChI is InChI=1S/C33H41N3O4S/c1-4-28-17-8-11-20-30(28)36(41(3,39)40)24-32(37)35(23-27-16-12-13-25(2)21-27)31(22-26-14-6-5-7-15-26)33(38)34-29-18-9-10-19-29/h5-8,11-17,20-21,29,31H,4,9-10,18-19,22-24H2,1-3H3,(H,34,38)/t31-/m0/s1. The van der Waals surface area contributed by atoms with Crippen LogP contribution in [-0.2, 0) is 39.0 Å². The van der Waals surface area contributed by atoms with Gasteiger partial charge in [0.2, 0.25) is 21.8 Å². The summed E-state index contributed by atoms with van der Waals surface area (Å²) in [5.74, 6) is -0.632. The first-order valence-electron chi connectivity index (χ1n) is 14.4. The van der Waals surface area contributed by atoms with Crippen LogP contribution in [0, 0.1) is 6.92 Å². The number of amides is 2. The molecule has 0 aromatic heterocycles. The zero-order chi connectivity index (χ0) is 29.4. The first kappa shape index (κ1) is 30.3. The van der Waals surface area contributed by atoms with Crippen molar-refractivity contribution in [2.24, 2.45) is 0 Å². The molecule has 218 valence electrons. The van der Waals surface area contributed by atoms with Gasteiger partial charge in [-0.1, -0.05) is 98.1 Å². The summed E-state index contributed by atoms with van der Waals surface area (Å²) in [4.78, 5) is 29.8. The van der Waals surface area contributed by atoms with E-state index in [9.17, 15) is 18.0 Å². The van der Waals surface area contributed by atoms with E-state index in [-0.39, 0.29) is 18.5 Å². The van der Waals surface area contributed by atoms with Crippen molar-refractivity contribution in [1.82, 2.24) is 10.2 Å². The number of sulfonamides is 1. The van der Waals surface area contributed by atoms with Crippen LogP contribution in [0.2, 0.25) is 0 Å². The minimum Gasteiger partial charge on any atom is -0.352 e. The van der Waals surface area contributed by atoms with E-state index in [2.05, 4.69) is 5.32 Å². The molecule has 7 nitrogen and oxygen atoms in total. The van der Waals surface area contributed by atoms with E-state index in [0.717, 1.165) is 54.2 Å². The molecule has 1 atom stereocenters. The molecule has 3 aromatic carbocycles. The van der Waals surface area contributed by atoms with Gasteiger partial charge in [-0.05, 0) is 48.9 Å². The van der Waals surface area contributed by atoms with Crippen molar-refractivity contribution >= 4 is 27.5 Å². The Labute approximate surface area is 244 Å². The van der Waals surface area contributed by atoms with E-state index in [4.69, 9.17) is 0 Å². The van der Waals surface area contributed by atoms with Crippen molar-refractivity contribution in [3.8, 4) is 0 Å². The fourth-order valence-corrected chi connectivity index (χ4v) is 6.46. The van der Waals surface area contributed by atoms with Crippen molar-refractivity contribution in [2.75, 3.05) is 17.1 Å². The molecule has 1 aliphatic rings. The molecule has 0 bridgehead atoms. The highest BCUT2D eigenvalue weighted by molar-refractivity contribution is 7.92. The molecule has 0 heterocycles. The number of hydrogen-bond acceptors (Lipinski definition) is 4. The van der Waals surface area contributed by atoms with Gasteiger partial charge in [0.25, 0.3) is 0 Å². The topological polar surface area (TPSA) is 86.8 Å². The average Bonchev–Trinajstić information content (AvgIpc) is 3.46. The zero-order valence-electron chi connectivity index (χ0n) is 24.3. The maximum Gasteiger partial charge on any atom is 0.244 e. The molecule has 0 radical (unpaired) electrons. The van der Waals surface area contributed by atoms with Gasteiger partial charge in [-0.15, -0.1) is 0 Å². The van der Waals surface area contributed by atoms with Gasteiger partial charge >= 0.3 is 0 Å². The predicted octanol–water partition coefficient (Wildman–Crippen LogP) is 5.02. The second-order valence-electron chi connectivity index (χ2n) is 11.0. The van der Waals surface area contributed by atoms with Gasteiger partial charge in [-0.3, -0.25) is 13.9 Å². The molecule has 1 saturated carbocycles. The van der Waals surface area contributed by atoms with Crippen LogP contribution in [0.1, 0.15) is 54.9 Å². The second-order valence-corrected chi connectivity index (χ2v) is 12.9. The van der Waals surface area contributed by atoms with Crippen LogP contribution < -0.4 is 9.62 Å². The molecule has 0 aliphatic heterocycles. The average molecular weight is 576 g/mol. The summed E-state index contributed by atoms with van der Waals surface area (Å²) in [6.45, 7) is 3.72. The summed E-state index contributed by atoms with van der Waals surface area (Å²) in [5, 5.41) is 3.20. The van der Waals surface area contributed by atoms with Gasteiger partial charge < -0.3 is 10.2 Å². The minimum absolute atomic E-state index is 0.0839. The molecule has 0 unspecified atom stereocenters. The molecule has 41 heavy (non-hydrogen) atoms. The van der Waals surface area contributed by atoms with E-state index >= 15 is 0 Å². The van der Waals surface area contributed by atoms with Crippen molar-refractivity contribution in [1.29, 1.82) is 0 Å². The number of para-hydroxylation sites is 1. The maximum atomic E-state index is 14.3. The molecule has 0 saturated heterocycles. The smallest absolute Gasteiger partial charge is 0.244 e. The van der Waals surface area contributed by atoms with Gasteiger partial charge in [-0.2, -0.15) is 0 Å². The number of nitrogens with zero attached hydrogens (tertiary/aromatic N) is 2. The first-order chi connectivity index (χ1) is 19.7. The Morgan fingerprint density at radius 1 is 0.927 bits per heavy atom. The minimum atomic E-state index is -3.80. The van der Waals surface area contributed by atoms with Gasteiger partial charge in [0, 0.05) is 19.0 Å². The third-order valence-electron chi connectivity index (χ3n) is 7.73. The maximum absolute atomic E-state index is 14.3. The Bertz CT molecular complexity index is 1440. The third kappa shape index (κ3) is 8.19. The van der Waals surface area contributed by atoms with Gasteiger partial charge in [0.1, 0.15) is 12.6 Å². The number of nitrogens with one attached hydrogen (secondary N) is 1. The van der Waals surface area contributed by atoms with Crippen molar-refractivity contribution in [3.63, 3.8) is 0 Å². The molecule has 1 aliphatic carbocycles. The Kier molecular flexibility index (Phi) is 10.2. The first-order valence-corrected chi connectivity index (χ1v) is 16.3. The Balaban J connectivity index is 1.74. The SMILES string of the molecule is CCc1ccccc1N(CC(=O)N(Cc1cccc(C)c1)[C@@H](Cc1ccccc1)C(=O)NC1CCCC1)S(C)(=O)=O. The van der Waals surface area contributed by atoms with Crippen LogP contribution >= 0.6 is 0 Å². The van der Waals surface area contributed by atoms with Gasteiger partial charge in [0.05, 0.1) is 11.9 Å². The molecule has 4 rings (SSSR count).